The van der Waals surface area contributed by atoms with E-state index in [4.69, 9.17) is 0 Å². The quantitative estimate of drug-likeness (QED) is 0.176. The van der Waals surface area contributed by atoms with E-state index in [1.165, 1.54) is 103 Å². The molecule has 0 N–H and O–H groups in total. The second kappa shape index (κ2) is 16.0. The molecule has 0 spiro atoms. The molecule has 36 heavy (non-hydrogen) atoms. The Morgan fingerprint density at radius 1 is 0.417 bits per heavy atom. The molecule has 0 nitrogen and oxygen atoms in total. The molecular formula is C36H64. The van der Waals surface area contributed by atoms with E-state index in [-0.39, 0.29) is 0 Å². The van der Waals surface area contributed by atoms with Gasteiger partial charge in [-0.15, -0.1) is 0 Å². The van der Waals surface area contributed by atoms with Crippen LogP contribution in [0.5, 0.6) is 0 Å². The molecule has 0 aliphatic heterocycles. The first-order valence-corrected chi connectivity index (χ1v) is 17.4. The largest absolute Gasteiger partial charge is 0.0851 e. The summed E-state index contributed by atoms with van der Waals surface area (Å²) in [4.78, 5) is 0. The molecule has 3 fully saturated rings. The molecule has 0 aromatic carbocycles. The highest BCUT2D eigenvalue weighted by atomic mass is 14.4. The maximum Gasteiger partial charge on any atom is -0.0205 e. The van der Waals surface area contributed by atoms with Gasteiger partial charge in [0, 0.05) is 0 Å². The van der Waals surface area contributed by atoms with Gasteiger partial charge >= 0.3 is 0 Å². The van der Waals surface area contributed by atoms with Crippen LogP contribution in [0.4, 0.5) is 0 Å². The SMILES string of the molecule is CCCCCC1CCC(C2C=CC(CCCCC3CCC(C4CCC(CCC)CC4)CC3)CC2)CC1. The van der Waals surface area contributed by atoms with Gasteiger partial charge in [-0.25, -0.2) is 0 Å². The summed E-state index contributed by atoms with van der Waals surface area (Å²) >= 11 is 0. The number of unbranched alkanes of at least 4 members (excludes halogenated alkanes) is 3. The first-order chi connectivity index (χ1) is 17.7. The van der Waals surface area contributed by atoms with E-state index in [2.05, 4.69) is 26.0 Å². The minimum Gasteiger partial charge on any atom is -0.0851 e. The molecule has 0 amide bonds. The highest BCUT2D eigenvalue weighted by molar-refractivity contribution is 5.00. The van der Waals surface area contributed by atoms with Crippen molar-refractivity contribution in [3.8, 4) is 0 Å². The molecular weight excluding hydrogens is 432 g/mol. The van der Waals surface area contributed by atoms with Gasteiger partial charge in [0.15, 0.2) is 0 Å². The van der Waals surface area contributed by atoms with Gasteiger partial charge < -0.3 is 0 Å². The lowest BCUT2D eigenvalue weighted by Crippen LogP contribution is -2.25. The molecule has 4 aliphatic carbocycles. The molecule has 2 atom stereocenters. The monoisotopic (exact) mass is 497 g/mol. The summed E-state index contributed by atoms with van der Waals surface area (Å²) in [7, 11) is 0. The predicted molar refractivity (Wildman–Crippen MR) is 159 cm³/mol. The van der Waals surface area contributed by atoms with Crippen molar-refractivity contribution in [3.05, 3.63) is 12.2 Å². The molecule has 0 heterocycles. The van der Waals surface area contributed by atoms with Crippen LogP contribution in [0.3, 0.4) is 0 Å². The van der Waals surface area contributed by atoms with E-state index in [0.29, 0.717) is 0 Å². The molecule has 0 bridgehead atoms. The second-order valence-corrected chi connectivity index (χ2v) is 14.3. The number of allylic oxidation sites excluding steroid dienone is 2. The molecule has 4 rings (SSSR count). The molecule has 3 saturated carbocycles. The van der Waals surface area contributed by atoms with Crippen LogP contribution in [0.25, 0.3) is 0 Å². The lowest BCUT2D eigenvalue weighted by molar-refractivity contribution is 0.140. The van der Waals surface area contributed by atoms with Crippen LogP contribution in [-0.4, -0.2) is 0 Å². The summed E-state index contributed by atoms with van der Waals surface area (Å²) in [6.07, 6.45) is 41.7. The van der Waals surface area contributed by atoms with E-state index in [9.17, 15) is 0 Å². The Hall–Kier alpha value is -0.260. The molecule has 0 saturated heterocycles. The maximum atomic E-state index is 2.69. The van der Waals surface area contributed by atoms with Crippen molar-refractivity contribution in [2.75, 3.05) is 0 Å². The van der Waals surface area contributed by atoms with E-state index >= 15 is 0 Å². The van der Waals surface area contributed by atoms with Crippen molar-refractivity contribution in [2.45, 2.75) is 168 Å². The van der Waals surface area contributed by atoms with Crippen LogP contribution in [-0.2, 0) is 0 Å². The topological polar surface area (TPSA) is 0 Å². The highest BCUT2D eigenvalue weighted by Crippen LogP contribution is 2.44. The van der Waals surface area contributed by atoms with Crippen LogP contribution in [0.2, 0.25) is 0 Å². The average molecular weight is 497 g/mol. The third kappa shape index (κ3) is 9.19. The van der Waals surface area contributed by atoms with Crippen molar-refractivity contribution >= 4 is 0 Å². The smallest absolute Gasteiger partial charge is 0.0205 e. The van der Waals surface area contributed by atoms with Gasteiger partial charge in [-0.3, -0.25) is 0 Å². The molecule has 208 valence electrons. The van der Waals surface area contributed by atoms with Gasteiger partial charge in [0.2, 0.25) is 0 Å². The minimum absolute atomic E-state index is 0.908. The molecule has 0 aromatic heterocycles. The first kappa shape index (κ1) is 28.7. The van der Waals surface area contributed by atoms with Crippen LogP contribution in [0, 0.1) is 47.3 Å². The van der Waals surface area contributed by atoms with Crippen molar-refractivity contribution in [3.63, 3.8) is 0 Å². The van der Waals surface area contributed by atoms with Gasteiger partial charge in [0.1, 0.15) is 0 Å². The Morgan fingerprint density at radius 3 is 1.42 bits per heavy atom. The van der Waals surface area contributed by atoms with Gasteiger partial charge in [0.25, 0.3) is 0 Å². The Bertz CT molecular complexity index is 579. The molecule has 0 aromatic rings. The van der Waals surface area contributed by atoms with Crippen molar-refractivity contribution in [1.29, 1.82) is 0 Å². The normalized spacial score (nSPS) is 37.7. The molecule has 0 heteroatoms. The summed E-state index contributed by atoms with van der Waals surface area (Å²) in [6, 6.07) is 0. The lowest BCUT2D eigenvalue weighted by atomic mass is 9.68. The van der Waals surface area contributed by atoms with Crippen LogP contribution in [0.1, 0.15) is 168 Å². The van der Waals surface area contributed by atoms with Crippen LogP contribution >= 0.6 is 0 Å². The molecule has 4 aliphatic rings. The number of hydrogen-bond donors (Lipinski definition) is 0. The Labute approximate surface area is 227 Å². The number of rotatable bonds is 13. The Balaban J connectivity index is 1.03. The van der Waals surface area contributed by atoms with Crippen molar-refractivity contribution in [1.82, 2.24) is 0 Å². The summed E-state index contributed by atoms with van der Waals surface area (Å²) in [5.74, 6) is 8.26. The van der Waals surface area contributed by atoms with Crippen molar-refractivity contribution < 1.29 is 0 Å². The zero-order chi connectivity index (χ0) is 25.0. The van der Waals surface area contributed by atoms with Crippen LogP contribution in [0.15, 0.2) is 12.2 Å². The van der Waals surface area contributed by atoms with Gasteiger partial charge in [-0.1, -0.05) is 122 Å². The standard InChI is InChI=1S/C36H64/c1-3-5-6-10-30-15-23-35(24-16-30)36-27-19-32(20-28-36)12-8-7-11-31-17-25-34(26-18-31)33-21-13-29(9-4-2)14-22-33/h19,27,29-36H,3-18,20-26,28H2,1-2H3. The van der Waals surface area contributed by atoms with E-state index in [1.807, 2.05) is 0 Å². The molecule has 2 unspecified atom stereocenters. The number of hydrogen-bond acceptors (Lipinski definition) is 0. The third-order valence-electron chi connectivity index (χ3n) is 11.8. The lowest BCUT2D eigenvalue weighted by Gasteiger charge is -2.38. The first-order valence-electron chi connectivity index (χ1n) is 17.4. The zero-order valence-corrected chi connectivity index (χ0v) is 24.7. The fourth-order valence-corrected chi connectivity index (χ4v) is 9.26. The second-order valence-electron chi connectivity index (χ2n) is 14.3. The van der Waals surface area contributed by atoms with Crippen LogP contribution < -0.4 is 0 Å². The summed E-state index contributed by atoms with van der Waals surface area (Å²) in [5, 5.41) is 0. The van der Waals surface area contributed by atoms with E-state index in [1.54, 1.807) is 51.4 Å². The van der Waals surface area contributed by atoms with E-state index in [0.717, 1.165) is 47.3 Å². The van der Waals surface area contributed by atoms with Gasteiger partial charge in [-0.2, -0.15) is 0 Å². The molecule has 0 radical (unpaired) electrons. The fraction of sp³-hybridized carbons (Fsp3) is 0.944. The maximum absolute atomic E-state index is 2.69. The van der Waals surface area contributed by atoms with Crippen molar-refractivity contribution in [2.24, 2.45) is 47.3 Å². The Morgan fingerprint density at radius 2 is 0.917 bits per heavy atom. The summed E-state index contributed by atoms with van der Waals surface area (Å²) < 4.78 is 0. The minimum atomic E-state index is 0.908. The van der Waals surface area contributed by atoms with Gasteiger partial charge in [0.05, 0.1) is 0 Å². The van der Waals surface area contributed by atoms with Gasteiger partial charge in [-0.05, 0) is 105 Å². The third-order valence-corrected chi connectivity index (χ3v) is 11.8. The summed E-state index contributed by atoms with van der Waals surface area (Å²) in [5.41, 5.74) is 0. The predicted octanol–water partition coefficient (Wildman–Crippen LogP) is 11.9. The summed E-state index contributed by atoms with van der Waals surface area (Å²) in [6.45, 7) is 4.71. The Kier molecular flexibility index (Phi) is 12.8. The fourth-order valence-electron chi connectivity index (χ4n) is 9.26. The average Bonchev–Trinajstić information content (AvgIpc) is 2.93. The van der Waals surface area contributed by atoms with E-state index < -0.39 is 0 Å². The highest BCUT2D eigenvalue weighted by Gasteiger charge is 2.31. The zero-order valence-electron chi connectivity index (χ0n) is 24.7.